The van der Waals surface area contributed by atoms with E-state index < -0.39 is 5.97 Å². The Bertz CT molecular complexity index is 923. The third-order valence-electron chi connectivity index (χ3n) is 4.81. The second-order valence-electron chi connectivity index (χ2n) is 6.78. The summed E-state index contributed by atoms with van der Waals surface area (Å²) in [6.07, 6.45) is 7.10. The number of nitrogens with two attached hydrogens (primary N) is 1. The SMILES string of the molecule is NO/C(CCCC(=O)O)=C(/c1ccccc1)C(Cc1ccccc1)n1ccnc1. The van der Waals surface area contributed by atoms with Crippen molar-refractivity contribution in [1.82, 2.24) is 9.55 Å². The maximum atomic E-state index is 11.0. The van der Waals surface area contributed by atoms with E-state index in [0.717, 1.165) is 11.1 Å². The quantitative estimate of drug-likeness (QED) is 0.399. The number of hydrogen-bond acceptors (Lipinski definition) is 4. The third kappa shape index (κ3) is 5.56. The van der Waals surface area contributed by atoms with Gasteiger partial charge in [-0.05, 0) is 24.0 Å². The fourth-order valence-corrected chi connectivity index (χ4v) is 3.46. The van der Waals surface area contributed by atoms with Gasteiger partial charge in [-0.1, -0.05) is 60.7 Å². The number of carboxylic acid groups (broad SMARTS) is 1. The Hall–Kier alpha value is -3.38. The predicted molar refractivity (Wildman–Crippen MR) is 112 cm³/mol. The molecule has 0 aliphatic carbocycles. The van der Waals surface area contributed by atoms with Gasteiger partial charge in [0.2, 0.25) is 0 Å². The van der Waals surface area contributed by atoms with Crippen LogP contribution in [0.2, 0.25) is 0 Å². The largest absolute Gasteiger partial charge is 0.481 e. The Morgan fingerprint density at radius 2 is 1.76 bits per heavy atom. The first-order valence-corrected chi connectivity index (χ1v) is 9.57. The van der Waals surface area contributed by atoms with Crippen LogP contribution in [-0.2, 0) is 16.1 Å². The first-order chi connectivity index (χ1) is 14.2. The zero-order chi connectivity index (χ0) is 20.5. The van der Waals surface area contributed by atoms with Crippen molar-refractivity contribution in [2.45, 2.75) is 31.7 Å². The number of hydrogen-bond donors (Lipinski definition) is 2. The monoisotopic (exact) mass is 391 g/mol. The molecule has 0 aliphatic rings. The van der Waals surface area contributed by atoms with E-state index >= 15 is 0 Å². The Kier molecular flexibility index (Phi) is 7.19. The zero-order valence-corrected chi connectivity index (χ0v) is 16.1. The number of benzene rings is 2. The molecule has 6 nitrogen and oxygen atoms in total. The van der Waals surface area contributed by atoms with E-state index in [2.05, 4.69) is 17.1 Å². The number of aromatic nitrogens is 2. The van der Waals surface area contributed by atoms with Gasteiger partial charge in [0.05, 0.1) is 12.4 Å². The first-order valence-electron chi connectivity index (χ1n) is 9.57. The topological polar surface area (TPSA) is 90.4 Å². The molecule has 0 bridgehead atoms. The highest BCUT2D eigenvalue weighted by atomic mass is 16.6. The molecule has 0 amide bonds. The van der Waals surface area contributed by atoms with Gasteiger partial charge in [-0.25, -0.2) is 4.98 Å². The van der Waals surface area contributed by atoms with Gasteiger partial charge < -0.3 is 14.5 Å². The van der Waals surface area contributed by atoms with Crippen molar-refractivity contribution in [3.05, 3.63) is 96.3 Å². The molecular weight excluding hydrogens is 366 g/mol. The average Bonchev–Trinajstić information content (AvgIpc) is 3.28. The van der Waals surface area contributed by atoms with E-state index in [-0.39, 0.29) is 12.5 Å². The second-order valence-corrected chi connectivity index (χ2v) is 6.78. The summed E-state index contributed by atoms with van der Waals surface area (Å²) in [6, 6.07) is 20.0. The summed E-state index contributed by atoms with van der Waals surface area (Å²) in [5.74, 6) is 5.44. The molecule has 3 aromatic rings. The Balaban J connectivity index is 2.07. The fraction of sp³-hybridized carbons (Fsp3) is 0.217. The van der Waals surface area contributed by atoms with E-state index in [1.54, 1.807) is 12.5 Å². The smallest absolute Gasteiger partial charge is 0.303 e. The number of carbonyl (C=O) groups is 1. The summed E-state index contributed by atoms with van der Waals surface area (Å²) in [4.78, 5) is 20.5. The molecule has 0 aliphatic heterocycles. The van der Waals surface area contributed by atoms with Crippen LogP contribution in [0, 0.1) is 0 Å². The summed E-state index contributed by atoms with van der Waals surface area (Å²) in [5, 5.41) is 9.01. The Labute approximate surface area is 170 Å². The minimum Gasteiger partial charge on any atom is -0.481 e. The lowest BCUT2D eigenvalue weighted by atomic mass is 9.90. The highest BCUT2D eigenvalue weighted by molar-refractivity contribution is 5.71. The number of allylic oxidation sites excluding steroid dienone is 2. The standard InChI is InChI=1S/C23H25N3O3/c24-29-21(12-7-13-22(27)28)23(19-10-5-2-6-11-19)20(26-15-14-25-17-26)16-18-8-3-1-4-9-18/h1-6,8-11,14-15,17,20H,7,12-13,16,24H2,(H,27,28)/b23-21-. The summed E-state index contributed by atoms with van der Waals surface area (Å²) in [7, 11) is 0. The molecule has 150 valence electrons. The molecule has 1 heterocycles. The highest BCUT2D eigenvalue weighted by Crippen LogP contribution is 2.35. The van der Waals surface area contributed by atoms with Crippen molar-refractivity contribution in [3.63, 3.8) is 0 Å². The molecule has 0 radical (unpaired) electrons. The summed E-state index contributed by atoms with van der Waals surface area (Å²) in [6.45, 7) is 0. The molecule has 1 unspecified atom stereocenters. The Morgan fingerprint density at radius 1 is 1.07 bits per heavy atom. The summed E-state index contributed by atoms with van der Waals surface area (Å²) >= 11 is 0. The van der Waals surface area contributed by atoms with Crippen LogP contribution in [0.3, 0.4) is 0 Å². The molecular formula is C23H25N3O3. The minimum atomic E-state index is -0.835. The maximum Gasteiger partial charge on any atom is 0.303 e. The van der Waals surface area contributed by atoms with Crippen molar-refractivity contribution in [2.75, 3.05) is 0 Å². The Morgan fingerprint density at radius 3 is 2.34 bits per heavy atom. The highest BCUT2D eigenvalue weighted by Gasteiger charge is 2.23. The van der Waals surface area contributed by atoms with Crippen LogP contribution in [0.4, 0.5) is 0 Å². The van der Waals surface area contributed by atoms with E-state index in [1.807, 2.05) is 59.3 Å². The number of imidazole rings is 1. The van der Waals surface area contributed by atoms with Crippen molar-refractivity contribution in [1.29, 1.82) is 0 Å². The lowest BCUT2D eigenvalue weighted by Gasteiger charge is -2.25. The molecule has 6 heteroatoms. The van der Waals surface area contributed by atoms with Crippen LogP contribution in [0.1, 0.15) is 36.4 Å². The summed E-state index contributed by atoms with van der Waals surface area (Å²) in [5.41, 5.74) is 3.08. The van der Waals surface area contributed by atoms with Crippen molar-refractivity contribution < 1.29 is 14.7 Å². The van der Waals surface area contributed by atoms with Crippen LogP contribution in [0.5, 0.6) is 0 Å². The molecule has 1 aromatic heterocycles. The lowest BCUT2D eigenvalue weighted by Crippen LogP contribution is -2.17. The maximum absolute atomic E-state index is 11.0. The third-order valence-corrected chi connectivity index (χ3v) is 4.81. The molecule has 1 atom stereocenters. The van der Waals surface area contributed by atoms with Crippen molar-refractivity contribution >= 4 is 11.5 Å². The van der Waals surface area contributed by atoms with Gasteiger partial charge in [-0.15, -0.1) is 0 Å². The van der Waals surface area contributed by atoms with E-state index in [9.17, 15) is 4.79 Å². The number of rotatable bonds is 10. The molecule has 0 spiro atoms. The minimum absolute atomic E-state index is 0.0589. The van der Waals surface area contributed by atoms with E-state index in [4.69, 9.17) is 15.8 Å². The molecule has 0 fully saturated rings. The predicted octanol–water partition coefficient (Wildman–Crippen LogP) is 4.22. The van der Waals surface area contributed by atoms with Gasteiger partial charge in [0.15, 0.2) is 0 Å². The van der Waals surface area contributed by atoms with Gasteiger partial charge in [-0.2, -0.15) is 5.90 Å². The fourth-order valence-electron chi connectivity index (χ4n) is 3.46. The number of carboxylic acids is 1. The van der Waals surface area contributed by atoms with E-state index in [0.29, 0.717) is 25.0 Å². The molecule has 0 saturated carbocycles. The van der Waals surface area contributed by atoms with Crippen LogP contribution < -0.4 is 5.90 Å². The number of nitrogens with zero attached hydrogens (tertiary/aromatic N) is 2. The molecule has 3 rings (SSSR count). The van der Waals surface area contributed by atoms with Crippen LogP contribution in [0.25, 0.3) is 5.57 Å². The molecule has 2 aromatic carbocycles. The second kappa shape index (κ2) is 10.2. The van der Waals surface area contributed by atoms with Gasteiger partial charge in [0, 0.05) is 30.8 Å². The van der Waals surface area contributed by atoms with Crippen molar-refractivity contribution in [3.8, 4) is 0 Å². The van der Waals surface area contributed by atoms with Crippen LogP contribution in [0.15, 0.2) is 85.1 Å². The molecule has 3 N–H and O–H groups in total. The van der Waals surface area contributed by atoms with Gasteiger partial charge in [0.25, 0.3) is 0 Å². The van der Waals surface area contributed by atoms with Crippen molar-refractivity contribution in [2.24, 2.45) is 5.90 Å². The first kappa shape index (κ1) is 20.4. The van der Waals surface area contributed by atoms with Crippen LogP contribution >= 0.6 is 0 Å². The van der Waals surface area contributed by atoms with Gasteiger partial charge in [-0.3, -0.25) is 4.79 Å². The van der Waals surface area contributed by atoms with Gasteiger partial charge >= 0.3 is 5.97 Å². The summed E-state index contributed by atoms with van der Waals surface area (Å²) < 4.78 is 2.03. The molecule has 29 heavy (non-hydrogen) atoms. The zero-order valence-electron chi connectivity index (χ0n) is 16.1. The van der Waals surface area contributed by atoms with Gasteiger partial charge in [0.1, 0.15) is 5.76 Å². The van der Waals surface area contributed by atoms with E-state index in [1.165, 1.54) is 5.56 Å². The lowest BCUT2D eigenvalue weighted by molar-refractivity contribution is -0.137. The average molecular weight is 391 g/mol. The normalized spacial score (nSPS) is 12.9. The molecule has 0 saturated heterocycles. The number of aliphatic carboxylic acids is 1. The van der Waals surface area contributed by atoms with Crippen LogP contribution in [-0.4, -0.2) is 20.6 Å².